The Hall–Kier alpha value is -0.570. The van der Waals surface area contributed by atoms with Crippen LogP contribution in [0.5, 0.6) is 0 Å². The number of anilines is 1. The van der Waals surface area contributed by atoms with E-state index in [9.17, 15) is 4.79 Å². The fraction of sp³-hybridized carbons (Fsp3) is 0.500. The van der Waals surface area contributed by atoms with E-state index in [0.29, 0.717) is 15.0 Å². The lowest BCUT2D eigenvalue weighted by atomic mass is 10.0. The van der Waals surface area contributed by atoms with Crippen LogP contribution < -0.4 is 10.6 Å². The number of carbonyl (C=O) groups is 1. The summed E-state index contributed by atoms with van der Waals surface area (Å²) >= 11 is 6.41. The fourth-order valence-electron chi connectivity index (χ4n) is 1.42. The third-order valence-electron chi connectivity index (χ3n) is 2.51. The Bertz CT molecular complexity index is 465. The van der Waals surface area contributed by atoms with Gasteiger partial charge in [0.1, 0.15) is 15.8 Å². The van der Waals surface area contributed by atoms with Crippen LogP contribution in [0.25, 0.3) is 0 Å². The Morgan fingerprint density at radius 1 is 1.61 bits per heavy atom. The largest absolute Gasteiger partial charge is 0.363 e. The molecular weight excluding hydrogens is 368 g/mol. The maximum atomic E-state index is 11.7. The molecule has 0 aliphatic carbocycles. The van der Waals surface area contributed by atoms with Gasteiger partial charge in [-0.3, -0.25) is 4.79 Å². The van der Waals surface area contributed by atoms with E-state index in [0.717, 1.165) is 13.1 Å². The number of rotatable bonds is 4. The Kier molecular flexibility index (Phi) is 4.31. The maximum absolute atomic E-state index is 11.7. The van der Waals surface area contributed by atoms with Gasteiger partial charge < -0.3 is 15.4 Å². The summed E-state index contributed by atoms with van der Waals surface area (Å²) in [6.45, 7) is 3.50. The van der Waals surface area contributed by atoms with Crippen LogP contribution in [0.2, 0.25) is 0 Å². The first-order chi connectivity index (χ1) is 8.48. The summed E-state index contributed by atoms with van der Waals surface area (Å²) in [4.78, 5) is 19.8. The third kappa shape index (κ3) is 3.47. The lowest BCUT2D eigenvalue weighted by Gasteiger charge is -2.38. The SMILES string of the molecule is CC1(OCC(=O)Nc2ncc(Br)nc2Br)CNC1. The monoisotopic (exact) mass is 378 g/mol. The third-order valence-corrected chi connectivity index (χ3v) is 3.44. The first kappa shape index (κ1) is 13.9. The second-order valence-corrected chi connectivity index (χ2v) is 5.79. The molecule has 0 atom stereocenters. The van der Waals surface area contributed by atoms with Gasteiger partial charge in [0.25, 0.3) is 5.91 Å². The molecule has 1 aliphatic rings. The molecule has 0 saturated carbocycles. The summed E-state index contributed by atoms with van der Waals surface area (Å²) in [5.74, 6) is 0.129. The number of nitrogens with zero attached hydrogens (tertiary/aromatic N) is 2. The minimum atomic E-state index is -0.250. The van der Waals surface area contributed by atoms with Gasteiger partial charge in [-0.1, -0.05) is 0 Å². The summed E-state index contributed by atoms with van der Waals surface area (Å²) in [7, 11) is 0. The smallest absolute Gasteiger partial charge is 0.251 e. The Balaban J connectivity index is 1.87. The first-order valence-corrected chi connectivity index (χ1v) is 6.90. The van der Waals surface area contributed by atoms with Gasteiger partial charge >= 0.3 is 0 Å². The molecule has 2 rings (SSSR count). The van der Waals surface area contributed by atoms with Gasteiger partial charge in [-0.2, -0.15) is 0 Å². The van der Waals surface area contributed by atoms with Crippen molar-refractivity contribution in [3.05, 3.63) is 15.4 Å². The first-order valence-electron chi connectivity index (χ1n) is 5.31. The molecule has 98 valence electrons. The van der Waals surface area contributed by atoms with E-state index in [1.165, 1.54) is 6.20 Å². The van der Waals surface area contributed by atoms with Crippen LogP contribution in [0.4, 0.5) is 5.82 Å². The van der Waals surface area contributed by atoms with Gasteiger partial charge in [-0.05, 0) is 38.8 Å². The minimum Gasteiger partial charge on any atom is -0.363 e. The van der Waals surface area contributed by atoms with E-state index >= 15 is 0 Å². The van der Waals surface area contributed by atoms with E-state index in [2.05, 4.69) is 52.5 Å². The summed E-state index contributed by atoms with van der Waals surface area (Å²) < 4.78 is 6.58. The van der Waals surface area contributed by atoms with Gasteiger partial charge in [-0.25, -0.2) is 9.97 Å². The molecule has 2 N–H and O–H groups in total. The van der Waals surface area contributed by atoms with Crippen LogP contribution in [-0.4, -0.2) is 41.2 Å². The van der Waals surface area contributed by atoms with E-state index in [1.807, 2.05) is 6.92 Å². The molecule has 1 fully saturated rings. The second kappa shape index (κ2) is 5.60. The normalized spacial score (nSPS) is 17.1. The van der Waals surface area contributed by atoms with Gasteiger partial charge in [0.05, 0.1) is 11.8 Å². The molecule has 0 aromatic carbocycles. The predicted molar refractivity (Wildman–Crippen MR) is 73.3 cm³/mol. The van der Waals surface area contributed by atoms with Crippen molar-refractivity contribution in [2.45, 2.75) is 12.5 Å². The number of halogens is 2. The average molecular weight is 380 g/mol. The molecule has 1 aromatic rings. The van der Waals surface area contributed by atoms with Gasteiger partial charge in [0, 0.05) is 13.1 Å². The highest BCUT2D eigenvalue weighted by Gasteiger charge is 2.33. The Morgan fingerprint density at radius 2 is 2.33 bits per heavy atom. The Morgan fingerprint density at radius 3 is 2.89 bits per heavy atom. The van der Waals surface area contributed by atoms with Crippen molar-refractivity contribution < 1.29 is 9.53 Å². The fourth-order valence-corrected chi connectivity index (χ4v) is 2.33. The van der Waals surface area contributed by atoms with Crippen molar-refractivity contribution in [3.8, 4) is 0 Å². The van der Waals surface area contributed by atoms with Crippen molar-refractivity contribution in [2.75, 3.05) is 25.0 Å². The highest BCUT2D eigenvalue weighted by molar-refractivity contribution is 9.11. The number of carbonyl (C=O) groups excluding carboxylic acids is 1. The molecule has 1 aromatic heterocycles. The second-order valence-electron chi connectivity index (χ2n) is 4.22. The van der Waals surface area contributed by atoms with Crippen LogP contribution in [0, 0.1) is 0 Å². The summed E-state index contributed by atoms with van der Waals surface area (Å²) in [6, 6.07) is 0. The molecule has 0 bridgehead atoms. The van der Waals surface area contributed by atoms with Crippen LogP contribution in [0.3, 0.4) is 0 Å². The topological polar surface area (TPSA) is 76.1 Å². The van der Waals surface area contributed by atoms with Crippen molar-refractivity contribution in [2.24, 2.45) is 0 Å². The van der Waals surface area contributed by atoms with Gasteiger partial charge in [0.15, 0.2) is 5.82 Å². The van der Waals surface area contributed by atoms with E-state index in [-0.39, 0.29) is 18.1 Å². The number of hydrogen-bond donors (Lipinski definition) is 2. The van der Waals surface area contributed by atoms with E-state index < -0.39 is 0 Å². The van der Waals surface area contributed by atoms with Crippen LogP contribution in [0.1, 0.15) is 6.92 Å². The molecule has 1 aliphatic heterocycles. The van der Waals surface area contributed by atoms with Crippen molar-refractivity contribution in [1.29, 1.82) is 0 Å². The maximum Gasteiger partial charge on any atom is 0.251 e. The summed E-state index contributed by atoms with van der Waals surface area (Å²) in [6.07, 6.45) is 1.51. The highest BCUT2D eigenvalue weighted by atomic mass is 79.9. The van der Waals surface area contributed by atoms with Crippen LogP contribution in [-0.2, 0) is 9.53 Å². The zero-order valence-electron chi connectivity index (χ0n) is 9.67. The molecule has 0 unspecified atom stereocenters. The molecule has 6 nitrogen and oxygen atoms in total. The highest BCUT2D eigenvalue weighted by Crippen LogP contribution is 2.19. The van der Waals surface area contributed by atoms with Crippen LogP contribution in [0.15, 0.2) is 15.4 Å². The zero-order valence-corrected chi connectivity index (χ0v) is 12.8. The zero-order chi connectivity index (χ0) is 13.2. The molecule has 0 spiro atoms. The lowest BCUT2D eigenvalue weighted by molar-refractivity contribution is -0.130. The molecule has 18 heavy (non-hydrogen) atoms. The predicted octanol–water partition coefficient (Wildman–Crippen LogP) is 1.32. The van der Waals surface area contributed by atoms with Crippen molar-refractivity contribution in [3.63, 3.8) is 0 Å². The standard InChI is InChI=1S/C10H12Br2N4O2/c1-10(4-13-5-10)18-3-7(17)16-9-8(12)15-6(11)2-14-9/h2,13H,3-5H2,1H3,(H,14,16,17). The molecule has 1 amide bonds. The van der Waals surface area contributed by atoms with Crippen molar-refractivity contribution in [1.82, 2.24) is 15.3 Å². The quantitative estimate of drug-likeness (QED) is 0.825. The molecule has 0 radical (unpaired) electrons. The molecule has 8 heteroatoms. The molecular formula is C10H12Br2N4O2. The Labute approximate surface area is 121 Å². The van der Waals surface area contributed by atoms with Crippen molar-refractivity contribution >= 4 is 43.6 Å². The summed E-state index contributed by atoms with van der Waals surface area (Å²) in [5, 5.41) is 5.73. The van der Waals surface area contributed by atoms with Gasteiger partial charge in [-0.15, -0.1) is 0 Å². The molecule has 2 heterocycles. The summed E-state index contributed by atoms with van der Waals surface area (Å²) in [5.41, 5.74) is -0.236. The van der Waals surface area contributed by atoms with Gasteiger partial charge in [0.2, 0.25) is 0 Å². The van der Waals surface area contributed by atoms with Crippen LogP contribution >= 0.6 is 31.9 Å². The minimum absolute atomic E-state index is 0.00235. The van der Waals surface area contributed by atoms with E-state index in [1.54, 1.807) is 0 Å². The number of ether oxygens (including phenoxy) is 1. The average Bonchev–Trinajstić information content (AvgIpc) is 2.28. The van der Waals surface area contributed by atoms with E-state index in [4.69, 9.17) is 4.74 Å². The number of hydrogen-bond acceptors (Lipinski definition) is 5. The number of nitrogens with one attached hydrogen (secondary N) is 2. The number of aromatic nitrogens is 2. The molecule has 1 saturated heterocycles. The number of amides is 1. The lowest BCUT2D eigenvalue weighted by Crippen LogP contribution is -2.59.